The van der Waals surface area contributed by atoms with Crippen molar-refractivity contribution < 1.29 is 19.0 Å². The molecule has 0 aliphatic heterocycles. The number of ether oxygens (including phenoxy) is 2. The molecule has 2 rings (SSSR count). The maximum absolute atomic E-state index is 13.6. The third-order valence-corrected chi connectivity index (χ3v) is 2.98. The van der Waals surface area contributed by atoms with E-state index in [-0.39, 0.29) is 12.4 Å². The SMILES string of the molecule is COc1ccc(COc2ccccc2C(C)O)cc1F. The summed E-state index contributed by atoms with van der Waals surface area (Å²) < 4.78 is 24.1. The zero-order valence-corrected chi connectivity index (χ0v) is 11.5. The lowest BCUT2D eigenvalue weighted by Crippen LogP contribution is -2.01. The molecule has 0 radical (unpaired) electrons. The molecule has 0 heterocycles. The average Bonchev–Trinajstić information content (AvgIpc) is 2.45. The van der Waals surface area contributed by atoms with Crippen molar-refractivity contribution in [1.82, 2.24) is 0 Å². The van der Waals surface area contributed by atoms with Crippen molar-refractivity contribution in [2.45, 2.75) is 19.6 Å². The van der Waals surface area contributed by atoms with E-state index in [4.69, 9.17) is 9.47 Å². The number of aliphatic hydroxyl groups excluding tert-OH is 1. The van der Waals surface area contributed by atoms with E-state index in [1.807, 2.05) is 12.1 Å². The lowest BCUT2D eigenvalue weighted by molar-refractivity contribution is 0.190. The Bertz CT molecular complexity index is 582. The van der Waals surface area contributed by atoms with Gasteiger partial charge in [0.05, 0.1) is 13.2 Å². The molecule has 0 aliphatic carbocycles. The molecule has 3 nitrogen and oxygen atoms in total. The van der Waals surface area contributed by atoms with E-state index in [9.17, 15) is 9.50 Å². The maximum atomic E-state index is 13.6. The Balaban J connectivity index is 2.11. The van der Waals surface area contributed by atoms with Crippen molar-refractivity contribution in [2.24, 2.45) is 0 Å². The number of para-hydroxylation sites is 1. The molecule has 0 fully saturated rings. The molecule has 0 aromatic heterocycles. The van der Waals surface area contributed by atoms with E-state index in [1.165, 1.54) is 13.2 Å². The first-order chi connectivity index (χ1) is 9.61. The second-order valence-electron chi connectivity index (χ2n) is 4.47. The van der Waals surface area contributed by atoms with Crippen LogP contribution in [-0.4, -0.2) is 12.2 Å². The van der Waals surface area contributed by atoms with Gasteiger partial charge in [-0.3, -0.25) is 0 Å². The fourth-order valence-electron chi connectivity index (χ4n) is 1.92. The summed E-state index contributed by atoms with van der Waals surface area (Å²) in [7, 11) is 1.42. The molecule has 0 bridgehead atoms. The molecule has 4 heteroatoms. The molecule has 0 amide bonds. The molecule has 0 aliphatic rings. The summed E-state index contributed by atoms with van der Waals surface area (Å²) in [4.78, 5) is 0. The van der Waals surface area contributed by atoms with Crippen LogP contribution in [-0.2, 0) is 6.61 Å². The fraction of sp³-hybridized carbons (Fsp3) is 0.250. The molecule has 0 spiro atoms. The first-order valence-electron chi connectivity index (χ1n) is 6.34. The number of hydrogen-bond donors (Lipinski definition) is 1. The van der Waals surface area contributed by atoms with Crippen molar-refractivity contribution in [1.29, 1.82) is 0 Å². The third kappa shape index (κ3) is 3.27. The summed E-state index contributed by atoms with van der Waals surface area (Å²) in [6.07, 6.45) is -0.612. The van der Waals surface area contributed by atoms with Gasteiger partial charge in [-0.1, -0.05) is 24.3 Å². The van der Waals surface area contributed by atoms with Gasteiger partial charge in [-0.2, -0.15) is 0 Å². The molecular formula is C16H17FO3. The minimum atomic E-state index is -0.612. The summed E-state index contributed by atoms with van der Waals surface area (Å²) in [5, 5.41) is 9.66. The second-order valence-corrected chi connectivity index (χ2v) is 4.47. The summed E-state index contributed by atoms with van der Waals surface area (Å²) in [5.74, 6) is 0.384. The zero-order valence-electron chi connectivity index (χ0n) is 11.5. The molecule has 1 atom stereocenters. The van der Waals surface area contributed by atoms with E-state index in [0.29, 0.717) is 16.9 Å². The molecule has 1 unspecified atom stereocenters. The van der Waals surface area contributed by atoms with Crippen LogP contribution in [0.25, 0.3) is 0 Å². The average molecular weight is 276 g/mol. The summed E-state index contributed by atoms with van der Waals surface area (Å²) in [6.45, 7) is 1.90. The Morgan fingerprint density at radius 3 is 2.55 bits per heavy atom. The minimum absolute atomic E-state index is 0.207. The molecule has 0 saturated heterocycles. The van der Waals surface area contributed by atoms with Gasteiger partial charge in [0.2, 0.25) is 0 Å². The normalized spacial score (nSPS) is 12.0. The van der Waals surface area contributed by atoms with Crippen molar-refractivity contribution in [2.75, 3.05) is 7.11 Å². The minimum Gasteiger partial charge on any atom is -0.494 e. The van der Waals surface area contributed by atoms with Crippen LogP contribution in [0.1, 0.15) is 24.2 Å². The monoisotopic (exact) mass is 276 g/mol. The predicted molar refractivity (Wildman–Crippen MR) is 74.4 cm³/mol. The van der Waals surface area contributed by atoms with Gasteiger partial charge in [-0.05, 0) is 30.7 Å². The van der Waals surface area contributed by atoms with Crippen LogP contribution in [0, 0.1) is 5.82 Å². The first kappa shape index (κ1) is 14.3. The standard InChI is InChI=1S/C16H17FO3/c1-11(18)13-5-3-4-6-15(13)20-10-12-7-8-16(19-2)14(17)9-12/h3-9,11,18H,10H2,1-2H3. The van der Waals surface area contributed by atoms with E-state index < -0.39 is 11.9 Å². The molecular weight excluding hydrogens is 259 g/mol. The Morgan fingerprint density at radius 1 is 1.15 bits per heavy atom. The van der Waals surface area contributed by atoms with Crippen LogP contribution >= 0.6 is 0 Å². The van der Waals surface area contributed by atoms with E-state index in [2.05, 4.69) is 0 Å². The summed E-state index contributed by atoms with van der Waals surface area (Å²) in [5.41, 5.74) is 1.41. The van der Waals surface area contributed by atoms with Gasteiger partial charge in [0.25, 0.3) is 0 Å². The quantitative estimate of drug-likeness (QED) is 0.908. The van der Waals surface area contributed by atoms with Crippen LogP contribution in [0.15, 0.2) is 42.5 Å². The molecule has 2 aromatic rings. The fourth-order valence-corrected chi connectivity index (χ4v) is 1.92. The van der Waals surface area contributed by atoms with Crippen molar-refractivity contribution in [3.63, 3.8) is 0 Å². The van der Waals surface area contributed by atoms with Crippen LogP contribution < -0.4 is 9.47 Å². The zero-order chi connectivity index (χ0) is 14.5. The highest BCUT2D eigenvalue weighted by Gasteiger charge is 2.09. The molecule has 1 N–H and O–H groups in total. The highest BCUT2D eigenvalue weighted by atomic mass is 19.1. The number of hydrogen-bond acceptors (Lipinski definition) is 3. The van der Waals surface area contributed by atoms with Gasteiger partial charge in [0.15, 0.2) is 11.6 Å². The van der Waals surface area contributed by atoms with Gasteiger partial charge in [-0.15, -0.1) is 0 Å². The lowest BCUT2D eigenvalue weighted by atomic mass is 10.1. The lowest BCUT2D eigenvalue weighted by Gasteiger charge is -2.13. The van der Waals surface area contributed by atoms with Crippen molar-refractivity contribution >= 4 is 0 Å². The van der Waals surface area contributed by atoms with Crippen LogP contribution in [0.5, 0.6) is 11.5 Å². The van der Waals surface area contributed by atoms with Gasteiger partial charge < -0.3 is 14.6 Å². The van der Waals surface area contributed by atoms with Crippen LogP contribution in [0.3, 0.4) is 0 Å². The summed E-state index contributed by atoms with van der Waals surface area (Å²) in [6, 6.07) is 11.9. The third-order valence-electron chi connectivity index (χ3n) is 2.98. The molecule has 106 valence electrons. The van der Waals surface area contributed by atoms with Crippen molar-refractivity contribution in [3.05, 3.63) is 59.4 Å². The summed E-state index contributed by atoms with van der Waals surface area (Å²) >= 11 is 0. The number of halogens is 1. The van der Waals surface area contributed by atoms with Crippen LogP contribution in [0.4, 0.5) is 4.39 Å². The number of methoxy groups -OCH3 is 1. The Labute approximate surface area is 117 Å². The van der Waals surface area contributed by atoms with Gasteiger partial charge in [0, 0.05) is 5.56 Å². The number of aliphatic hydroxyl groups is 1. The maximum Gasteiger partial charge on any atom is 0.165 e. The van der Waals surface area contributed by atoms with E-state index >= 15 is 0 Å². The largest absolute Gasteiger partial charge is 0.494 e. The Hall–Kier alpha value is -2.07. The van der Waals surface area contributed by atoms with Gasteiger partial charge in [-0.25, -0.2) is 4.39 Å². The second kappa shape index (κ2) is 6.39. The predicted octanol–water partition coefficient (Wildman–Crippen LogP) is 3.47. The van der Waals surface area contributed by atoms with Gasteiger partial charge in [0.1, 0.15) is 12.4 Å². The van der Waals surface area contributed by atoms with E-state index in [0.717, 1.165) is 0 Å². The first-order valence-corrected chi connectivity index (χ1v) is 6.34. The molecule has 2 aromatic carbocycles. The number of rotatable bonds is 5. The van der Waals surface area contributed by atoms with Crippen molar-refractivity contribution in [3.8, 4) is 11.5 Å². The highest BCUT2D eigenvalue weighted by Crippen LogP contribution is 2.26. The number of benzene rings is 2. The Kier molecular flexibility index (Phi) is 4.58. The highest BCUT2D eigenvalue weighted by molar-refractivity contribution is 5.35. The van der Waals surface area contributed by atoms with E-state index in [1.54, 1.807) is 31.2 Å². The van der Waals surface area contributed by atoms with Crippen LogP contribution in [0.2, 0.25) is 0 Å². The smallest absolute Gasteiger partial charge is 0.165 e. The topological polar surface area (TPSA) is 38.7 Å². The van der Waals surface area contributed by atoms with Gasteiger partial charge >= 0.3 is 0 Å². The molecule has 20 heavy (non-hydrogen) atoms. The molecule has 0 saturated carbocycles. The Morgan fingerprint density at radius 2 is 1.90 bits per heavy atom.